The summed E-state index contributed by atoms with van der Waals surface area (Å²) in [5, 5.41) is 6.97. The molecule has 1 unspecified atom stereocenters. The van der Waals surface area contributed by atoms with Gasteiger partial charge in [0.05, 0.1) is 11.8 Å². The number of nitrogens with zero attached hydrogens (tertiary/aromatic N) is 2. The number of thioether (sulfide) groups is 1. The number of thiophene rings is 2. The van der Waals surface area contributed by atoms with Crippen molar-refractivity contribution in [2.75, 3.05) is 0 Å². The summed E-state index contributed by atoms with van der Waals surface area (Å²) in [5.74, 6) is 0.0482. The lowest BCUT2D eigenvalue weighted by atomic mass is 10.2. The number of aromatic nitrogens is 2. The van der Waals surface area contributed by atoms with Gasteiger partial charge in [-0.25, -0.2) is 9.97 Å². The molecule has 1 atom stereocenters. The fourth-order valence-corrected chi connectivity index (χ4v) is 5.85. The molecule has 0 bridgehead atoms. The first kappa shape index (κ1) is 16.1. The van der Waals surface area contributed by atoms with E-state index in [1.54, 1.807) is 29.0 Å². The van der Waals surface area contributed by atoms with Crippen molar-refractivity contribution in [3.8, 4) is 0 Å². The number of carbonyl (C=O) groups is 1. The minimum Gasteiger partial charge on any atom is -0.350 e. The summed E-state index contributed by atoms with van der Waals surface area (Å²) in [7, 11) is 0. The van der Waals surface area contributed by atoms with E-state index in [1.807, 2.05) is 24.4 Å². The average Bonchev–Trinajstić information content (AvgIpc) is 3.29. The Morgan fingerprint density at radius 2 is 2.33 bits per heavy atom. The van der Waals surface area contributed by atoms with Crippen LogP contribution in [0.1, 0.15) is 28.7 Å². The molecule has 4 rings (SSSR count). The van der Waals surface area contributed by atoms with Gasteiger partial charge in [0.25, 0.3) is 0 Å². The Labute approximate surface area is 152 Å². The number of amides is 1. The number of hydrogen-bond donors (Lipinski definition) is 1. The minimum atomic E-state index is -0.181. The van der Waals surface area contributed by atoms with Gasteiger partial charge in [0.15, 0.2) is 0 Å². The molecule has 1 aliphatic carbocycles. The van der Waals surface area contributed by atoms with Crippen molar-refractivity contribution in [3.63, 3.8) is 0 Å². The molecule has 3 heterocycles. The Hall–Kier alpha value is -1.44. The molecule has 1 aliphatic rings. The summed E-state index contributed by atoms with van der Waals surface area (Å²) >= 11 is 4.97. The standard InChI is InChI=1S/C17H17N3OS3/c1-10(15(21)18-8-11-4-3-7-22-11)23-16-14-12-5-2-6-13(12)24-17(14)20-9-19-16/h3-4,7,9-10H,2,5-6,8H2,1H3,(H,18,21). The lowest BCUT2D eigenvalue weighted by Gasteiger charge is -2.12. The first-order valence-electron chi connectivity index (χ1n) is 7.94. The van der Waals surface area contributed by atoms with Gasteiger partial charge < -0.3 is 5.32 Å². The van der Waals surface area contributed by atoms with Crippen LogP contribution in [0.5, 0.6) is 0 Å². The van der Waals surface area contributed by atoms with E-state index >= 15 is 0 Å². The van der Waals surface area contributed by atoms with Crippen LogP contribution in [-0.2, 0) is 24.2 Å². The number of aryl methyl sites for hydroxylation is 2. The minimum absolute atomic E-state index is 0.0482. The molecule has 0 spiro atoms. The number of nitrogens with one attached hydrogen (secondary N) is 1. The van der Waals surface area contributed by atoms with E-state index < -0.39 is 0 Å². The van der Waals surface area contributed by atoms with Crippen LogP contribution in [0.15, 0.2) is 28.9 Å². The van der Waals surface area contributed by atoms with Crippen molar-refractivity contribution in [3.05, 3.63) is 39.2 Å². The zero-order valence-corrected chi connectivity index (χ0v) is 15.7. The second kappa shape index (κ2) is 6.82. The highest BCUT2D eigenvalue weighted by atomic mass is 32.2. The van der Waals surface area contributed by atoms with Gasteiger partial charge in [0, 0.05) is 15.1 Å². The van der Waals surface area contributed by atoms with Gasteiger partial charge in [-0.1, -0.05) is 17.8 Å². The predicted octanol–water partition coefficient (Wildman–Crippen LogP) is 4.04. The predicted molar refractivity (Wildman–Crippen MR) is 101 cm³/mol. The van der Waals surface area contributed by atoms with E-state index in [0.717, 1.165) is 22.7 Å². The molecule has 7 heteroatoms. The number of hydrogen-bond acceptors (Lipinski definition) is 6. The maximum absolute atomic E-state index is 12.4. The largest absolute Gasteiger partial charge is 0.350 e. The van der Waals surface area contributed by atoms with E-state index in [-0.39, 0.29) is 11.2 Å². The van der Waals surface area contributed by atoms with Crippen molar-refractivity contribution < 1.29 is 4.79 Å². The van der Waals surface area contributed by atoms with Crippen LogP contribution in [0.4, 0.5) is 0 Å². The van der Waals surface area contributed by atoms with Crippen molar-refractivity contribution in [2.24, 2.45) is 0 Å². The molecule has 1 N–H and O–H groups in total. The average molecular weight is 376 g/mol. The van der Waals surface area contributed by atoms with Crippen molar-refractivity contribution in [2.45, 2.75) is 43.0 Å². The molecular formula is C17H17N3OS3. The molecular weight excluding hydrogens is 358 g/mol. The monoisotopic (exact) mass is 375 g/mol. The Morgan fingerprint density at radius 1 is 1.42 bits per heavy atom. The SMILES string of the molecule is CC(Sc1ncnc2sc3c(c12)CCC3)C(=O)NCc1cccs1. The molecule has 3 aromatic rings. The van der Waals surface area contributed by atoms with Crippen molar-refractivity contribution in [1.82, 2.24) is 15.3 Å². The number of rotatable bonds is 5. The molecule has 0 radical (unpaired) electrons. The van der Waals surface area contributed by atoms with Crippen LogP contribution < -0.4 is 5.32 Å². The molecule has 0 saturated heterocycles. The van der Waals surface area contributed by atoms with Crippen LogP contribution in [-0.4, -0.2) is 21.1 Å². The molecule has 0 aliphatic heterocycles. The highest BCUT2D eigenvalue weighted by Gasteiger charge is 2.23. The number of carbonyl (C=O) groups excluding carboxylic acids is 1. The van der Waals surface area contributed by atoms with Crippen LogP contribution >= 0.6 is 34.4 Å². The summed E-state index contributed by atoms with van der Waals surface area (Å²) in [6.45, 7) is 2.53. The van der Waals surface area contributed by atoms with Crippen molar-refractivity contribution in [1.29, 1.82) is 0 Å². The third-order valence-corrected chi connectivity index (χ3v) is 7.32. The summed E-state index contributed by atoms with van der Waals surface area (Å²) < 4.78 is 0. The fourth-order valence-electron chi connectivity index (χ4n) is 2.94. The lowest BCUT2D eigenvalue weighted by Crippen LogP contribution is -2.30. The topological polar surface area (TPSA) is 54.9 Å². The van der Waals surface area contributed by atoms with E-state index in [0.29, 0.717) is 6.54 Å². The van der Waals surface area contributed by atoms with Gasteiger partial charge in [-0.3, -0.25) is 4.79 Å². The maximum Gasteiger partial charge on any atom is 0.233 e. The van der Waals surface area contributed by atoms with E-state index in [1.165, 1.54) is 38.9 Å². The Kier molecular flexibility index (Phi) is 4.56. The molecule has 4 nitrogen and oxygen atoms in total. The summed E-state index contributed by atoms with van der Waals surface area (Å²) in [4.78, 5) is 24.9. The zero-order valence-electron chi connectivity index (χ0n) is 13.2. The van der Waals surface area contributed by atoms with Crippen LogP contribution in [0.2, 0.25) is 0 Å². The van der Waals surface area contributed by atoms with E-state index in [2.05, 4.69) is 15.3 Å². The van der Waals surface area contributed by atoms with E-state index in [4.69, 9.17) is 0 Å². The van der Waals surface area contributed by atoms with E-state index in [9.17, 15) is 4.79 Å². The maximum atomic E-state index is 12.4. The Morgan fingerprint density at radius 3 is 3.17 bits per heavy atom. The van der Waals surface area contributed by atoms with Crippen molar-refractivity contribution >= 4 is 50.6 Å². The fraction of sp³-hybridized carbons (Fsp3) is 0.353. The molecule has 3 aromatic heterocycles. The van der Waals surface area contributed by atoms with Gasteiger partial charge in [-0.2, -0.15) is 0 Å². The van der Waals surface area contributed by atoms with Crippen LogP contribution in [0, 0.1) is 0 Å². The third-order valence-electron chi connectivity index (χ3n) is 4.14. The molecule has 0 aromatic carbocycles. The third kappa shape index (κ3) is 3.08. The summed E-state index contributed by atoms with van der Waals surface area (Å²) in [5.41, 5.74) is 1.41. The second-order valence-corrected chi connectivity index (χ2v) is 9.22. The first-order chi connectivity index (χ1) is 11.7. The Bertz CT molecular complexity index is 873. The van der Waals surface area contributed by atoms with Gasteiger partial charge >= 0.3 is 0 Å². The number of fused-ring (bicyclic) bond motifs is 3. The van der Waals surface area contributed by atoms with Gasteiger partial charge in [0.2, 0.25) is 5.91 Å². The molecule has 0 saturated carbocycles. The normalized spacial score (nSPS) is 14.7. The molecule has 24 heavy (non-hydrogen) atoms. The highest BCUT2D eigenvalue weighted by Crippen LogP contribution is 2.40. The van der Waals surface area contributed by atoms with Gasteiger partial charge in [-0.05, 0) is 43.2 Å². The molecule has 1 amide bonds. The summed E-state index contributed by atoms with van der Waals surface area (Å²) in [6.07, 6.45) is 5.09. The quantitative estimate of drug-likeness (QED) is 0.540. The smallest absolute Gasteiger partial charge is 0.233 e. The lowest BCUT2D eigenvalue weighted by molar-refractivity contribution is -0.120. The molecule has 124 valence electrons. The highest BCUT2D eigenvalue weighted by molar-refractivity contribution is 8.00. The summed E-state index contributed by atoms with van der Waals surface area (Å²) in [6, 6.07) is 4.03. The zero-order chi connectivity index (χ0) is 16.5. The molecule has 0 fully saturated rings. The van der Waals surface area contributed by atoms with Gasteiger partial charge in [0.1, 0.15) is 16.2 Å². The van der Waals surface area contributed by atoms with Crippen LogP contribution in [0.3, 0.4) is 0 Å². The van der Waals surface area contributed by atoms with Crippen LogP contribution in [0.25, 0.3) is 10.2 Å². The van der Waals surface area contributed by atoms with Gasteiger partial charge in [-0.15, -0.1) is 22.7 Å². The first-order valence-corrected chi connectivity index (χ1v) is 10.5. The Balaban J connectivity index is 1.50. The second-order valence-electron chi connectivity index (χ2n) is 5.77.